The SMILES string of the molecule is COC[C@H](C)n1c(SCc2nc(N)nc(N)n2)nc2ccccc2c1=O. The van der Waals surface area contributed by atoms with Crippen LogP contribution in [0.2, 0.25) is 0 Å². The van der Waals surface area contributed by atoms with Crippen LogP contribution in [0.15, 0.2) is 34.2 Å². The van der Waals surface area contributed by atoms with Gasteiger partial charge >= 0.3 is 0 Å². The molecule has 136 valence electrons. The van der Waals surface area contributed by atoms with Gasteiger partial charge in [0.15, 0.2) is 5.16 Å². The molecule has 0 fully saturated rings. The summed E-state index contributed by atoms with van der Waals surface area (Å²) in [5.74, 6) is 0.893. The number of ether oxygens (including phenoxy) is 1. The van der Waals surface area contributed by atoms with Crippen molar-refractivity contribution in [1.29, 1.82) is 0 Å². The molecule has 4 N–H and O–H groups in total. The number of anilines is 2. The van der Waals surface area contributed by atoms with Crippen LogP contribution in [0.1, 0.15) is 18.8 Å². The number of para-hydroxylation sites is 1. The number of nitrogens with two attached hydrogens (primary N) is 2. The number of aromatic nitrogens is 5. The van der Waals surface area contributed by atoms with E-state index in [1.54, 1.807) is 17.7 Å². The van der Waals surface area contributed by atoms with Gasteiger partial charge in [0.05, 0.1) is 29.3 Å². The molecule has 0 bridgehead atoms. The maximum atomic E-state index is 13.0. The number of hydrogen-bond donors (Lipinski definition) is 2. The zero-order valence-electron chi connectivity index (χ0n) is 14.4. The number of rotatable bonds is 6. The first-order chi connectivity index (χ1) is 12.5. The lowest BCUT2D eigenvalue weighted by Crippen LogP contribution is -2.28. The quantitative estimate of drug-likeness (QED) is 0.483. The zero-order chi connectivity index (χ0) is 18.7. The van der Waals surface area contributed by atoms with E-state index < -0.39 is 0 Å². The monoisotopic (exact) mass is 373 g/mol. The molecule has 0 saturated carbocycles. The number of benzene rings is 1. The normalized spacial score (nSPS) is 12.4. The van der Waals surface area contributed by atoms with Crippen LogP contribution in [0.3, 0.4) is 0 Å². The van der Waals surface area contributed by atoms with Crippen LogP contribution in [-0.2, 0) is 10.5 Å². The molecule has 3 rings (SSSR count). The maximum absolute atomic E-state index is 13.0. The summed E-state index contributed by atoms with van der Waals surface area (Å²) in [5.41, 5.74) is 11.7. The highest BCUT2D eigenvalue weighted by Crippen LogP contribution is 2.23. The molecule has 0 unspecified atom stereocenters. The van der Waals surface area contributed by atoms with E-state index in [1.807, 2.05) is 25.1 Å². The van der Waals surface area contributed by atoms with Crippen molar-refractivity contribution in [2.45, 2.75) is 23.9 Å². The molecule has 0 spiro atoms. The van der Waals surface area contributed by atoms with Crippen LogP contribution >= 0.6 is 11.8 Å². The molecule has 0 radical (unpaired) electrons. The molecule has 10 heteroatoms. The van der Waals surface area contributed by atoms with Gasteiger partial charge in [-0.05, 0) is 19.1 Å². The van der Waals surface area contributed by atoms with E-state index in [9.17, 15) is 4.79 Å². The van der Waals surface area contributed by atoms with Crippen LogP contribution in [0, 0.1) is 0 Å². The highest BCUT2D eigenvalue weighted by molar-refractivity contribution is 7.98. The predicted octanol–water partition coefficient (Wildman–Crippen LogP) is 1.25. The highest BCUT2D eigenvalue weighted by atomic mass is 32.2. The largest absolute Gasteiger partial charge is 0.383 e. The third-order valence-corrected chi connectivity index (χ3v) is 4.62. The van der Waals surface area contributed by atoms with E-state index in [4.69, 9.17) is 16.2 Å². The summed E-state index contributed by atoms with van der Waals surface area (Å²) < 4.78 is 6.84. The summed E-state index contributed by atoms with van der Waals surface area (Å²) >= 11 is 1.33. The summed E-state index contributed by atoms with van der Waals surface area (Å²) in [7, 11) is 1.60. The van der Waals surface area contributed by atoms with E-state index in [1.165, 1.54) is 11.8 Å². The fourth-order valence-electron chi connectivity index (χ4n) is 2.58. The Labute approximate surface area is 153 Å². The van der Waals surface area contributed by atoms with E-state index in [0.717, 1.165) is 0 Å². The standard InChI is InChI=1S/C16H19N7O2S/c1-9(7-25-2)23-13(24)10-5-3-4-6-11(10)19-16(23)26-8-12-20-14(17)22-15(18)21-12/h3-6,9H,7-8H2,1-2H3,(H4,17,18,20,21,22)/t9-/m0/s1. The van der Waals surface area contributed by atoms with Gasteiger partial charge in [0, 0.05) is 7.11 Å². The molecule has 2 aromatic heterocycles. The zero-order valence-corrected chi connectivity index (χ0v) is 15.2. The lowest BCUT2D eigenvalue weighted by Gasteiger charge is -2.18. The Morgan fingerprint density at radius 1 is 1.15 bits per heavy atom. The number of nitrogen functional groups attached to an aromatic ring is 2. The smallest absolute Gasteiger partial charge is 0.262 e. The highest BCUT2D eigenvalue weighted by Gasteiger charge is 2.17. The molecule has 0 aliphatic rings. The molecule has 3 aromatic rings. The summed E-state index contributed by atoms with van der Waals surface area (Å²) in [4.78, 5) is 29.5. The summed E-state index contributed by atoms with van der Waals surface area (Å²) in [5, 5.41) is 1.12. The first-order valence-corrected chi connectivity index (χ1v) is 8.87. The molecule has 0 amide bonds. The van der Waals surface area contributed by atoms with Gasteiger partial charge in [0.2, 0.25) is 11.9 Å². The predicted molar refractivity (Wildman–Crippen MR) is 101 cm³/mol. The third kappa shape index (κ3) is 3.75. The molecule has 0 aliphatic heterocycles. The fraction of sp³-hybridized carbons (Fsp3) is 0.312. The topological polar surface area (TPSA) is 135 Å². The van der Waals surface area contributed by atoms with Gasteiger partial charge in [-0.1, -0.05) is 23.9 Å². The van der Waals surface area contributed by atoms with Crippen molar-refractivity contribution in [2.24, 2.45) is 0 Å². The second kappa shape index (κ2) is 7.67. The van der Waals surface area contributed by atoms with Crippen LogP contribution in [0.25, 0.3) is 10.9 Å². The number of nitrogens with zero attached hydrogens (tertiary/aromatic N) is 5. The second-order valence-electron chi connectivity index (χ2n) is 5.65. The summed E-state index contributed by atoms with van der Waals surface area (Å²) in [6, 6.07) is 7.06. The van der Waals surface area contributed by atoms with E-state index in [0.29, 0.717) is 34.2 Å². The van der Waals surface area contributed by atoms with Crippen molar-refractivity contribution in [3.05, 3.63) is 40.4 Å². The number of methoxy groups -OCH3 is 1. The lowest BCUT2D eigenvalue weighted by molar-refractivity contribution is 0.156. The molecule has 26 heavy (non-hydrogen) atoms. The Morgan fingerprint density at radius 2 is 1.85 bits per heavy atom. The van der Waals surface area contributed by atoms with Crippen molar-refractivity contribution in [3.63, 3.8) is 0 Å². The van der Waals surface area contributed by atoms with Crippen LogP contribution < -0.4 is 17.0 Å². The van der Waals surface area contributed by atoms with Gasteiger partial charge in [0.1, 0.15) is 5.82 Å². The summed E-state index contributed by atoms with van der Waals surface area (Å²) in [6.45, 7) is 2.30. The Bertz CT molecular complexity index is 972. The van der Waals surface area contributed by atoms with Gasteiger partial charge in [-0.3, -0.25) is 9.36 Å². The van der Waals surface area contributed by atoms with Crippen molar-refractivity contribution in [1.82, 2.24) is 24.5 Å². The second-order valence-corrected chi connectivity index (χ2v) is 6.59. The van der Waals surface area contributed by atoms with Crippen molar-refractivity contribution >= 4 is 34.6 Å². The Hall–Kier alpha value is -2.72. The number of thioether (sulfide) groups is 1. The van der Waals surface area contributed by atoms with Crippen LogP contribution in [0.4, 0.5) is 11.9 Å². The lowest BCUT2D eigenvalue weighted by atomic mass is 10.2. The van der Waals surface area contributed by atoms with Gasteiger partial charge in [0.25, 0.3) is 5.56 Å². The number of hydrogen-bond acceptors (Lipinski definition) is 9. The Balaban J connectivity index is 2.02. The first kappa shape index (κ1) is 18.1. The van der Waals surface area contributed by atoms with Crippen molar-refractivity contribution in [3.8, 4) is 0 Å². The van der Waals surface area contributed by atoms with Gasteiger partial charge < -0.3 is 16.2 Å². The van der Waals surface area contributed by atoms with Crippen molar-refractivity contribution in [2.75, 3.05) is 25.2 Å². The molecule has 1 atom stereocenters. The van der Waals surface area contributed by atoms with Crippen LogP contribution in [0.5, 0.6) is 0 Å². The Morgan fingerprint density at radius 3 is 2.54 bits per heavy atom. The minimum atomic E-state index is -0.180. The first-order valence-electron chi connectivity index (χ1n) is 7.88. The van der Waals surface area contributed by atoms with Gasteiger partial charge in [-0.2, -0.15) is 15.0 Å². The average Bonchev–Trinajstić information content (AvgIpc) is 2.59. The molecule has 1 aromatic carbocycles. The van der Waals surface area contributed by atoms with E-state index in [-0.39, 0.29) is 23.5 Å². The molecule has 0 saturated heterocycles. The molecular weight excluding hydrogens is 354 g/mol. The molecular formula is C16H19N7O2S. The van der Waals surface area contributed by atoms with E-state index >= 15 is 0 Å². The maximum Gasteiger partial charge on any atom is 0.262 e. The minimum absolute atomic E-state index is 0.0599. The molecule has 9 nitrogen and oxygen atoms in total. The van der Waals surface area contributed by atoms with E-state index in [2.05, 4.69) is 19.9 Å². The third-order valence-electron chi connectivity index (χ3n) is 3.67. The Kier molecular flexibility index (Phi) is 5.33. The van der Waals surface area contributed by atoms with Crippen LogP contribution in [-0.4, -0.2) is 38.2 Å². The van der Waals surface area contributed by atoms with Crippen molar-refractivity contribution < 1.29 is 4.74 Å². The van der Waals surface area contributed by atoms with Gasteiger partial charge in [-0.15, -0.1) is 0 Å². The molecule has 0 aliphatic carbocycles. The van der Waals surface area contributed by atoms with Gasteiger partial charge in [-0.25, -0.2) is 4.98 Å². The fourth-order valence-corrected chi connectivity index (χ4v) is 3.53. The average molecular weight is 373 g/mol. The minimum Gasteiger partial charge on any atom is -0.383 e. The molecule has 2 heterocycles. The number of fused-ring (bicyclic) bond motifs is 1. The summed E-state index contributed by atoms with van der Waals surface area (Å²) in [6.07, 6.45) is 0.